The summed E-state index contributed by atoms with van der Waals surface area (Å²) in [6.45, 7) is 14.1. The lowest BCUT2D eigenvalue weighted by Crippen LogP contribution is -2.39. The second-order valence-electron chi connectivity index (χ2n) is 7.70. The van der Waals surface area contributed by atoms with E-state index >= 15 is 0 Å². The molecule has 7 heteroatoms. The van der Waals surface area contributed by atoms with Gasteiger partial charge in [0.15, 0.2) is 5.96 Å². The maximum absolute atomic E-state index is 5.74. The number of nitrogens with zero attached hydrogens (tertiary/aromatic N) is 3. The normalized spacial score (nSPS) is 22.7. The lowest BCUT2D eigenvalue weighted by molar-refractivity contribution is 0.0893. The average molecular weight is 384 g/mol. The minimum atomic E-state index is 0.595. The second kappa shape index (κ2) is 14.2. The predicted molar refractivity (Wildman–Crippen MR) is 112 cm³/mol. The van der Waals surface area contributed by atoms with Crippen molar-refractivity contribution >= 4 is 5.96 Å². The molecule has 0 aromatic carbocycles. The lowest BCUT2D eigenvalue weighted by Gasteiger charge is -2.20. The second-order valence-corrected chi connectivity index (χ2v) is 7.70. The first-order valence-corrected chi connectivity index (χ1v) is 10.9. The van der Waals surface area contributed by atoms with Crippen LogP contribution in [0.25, 0.3) is 0 Å². The number of hydrogen-bond donors (Lipinski definition) is 2. The Balaban J connectivity index is 1.51. The number of nitrogens with one attached hydrogen (secondary N) is 2. The van der Waals surface area contributed by atoms with Crippen molar-refractivity contribution in [1.82, 2.24) is 20.4 Å². The highest BCUT2D eigenvalue weighted by molar-refractivity contribution is 5.79. The number of ether oxygens (including phenoxy) is 2. The molecule has 158 valence electrons. The van der Waals surface area contributed by atoms with Gasteiger partial charge in [0.25, 0.3) is 0 Å². The molecule has 2 aliphatic heterocycles. The number of aliphatic imine (C=N–C) groups is 1. The average Bonchev–Trinajstić information content (AvgIpc) is 3.10. The zero-order valence-corrected chi connectivity index (χ0v) is 17.5. The van der Waals surface area contributed by atoms with Gasteiger partial charge in [0.05, 0.1) is 13.2 Å². The molecule has 0 amide bonds. The first-order chi connectivity index (χ1) is 13.3. The third-order valence-corrected chi connectivity index (χ3v) is 5.19. The van der Waals surface area contributed by atoms with E-state index in [0.29, 0.717) is 5.92 Å². The molecule has 27 heavy (non-hydrogen) atoms. The van der Waals surface area contributed by atoms with Gasteiger partial charge in [-0.25, -0.2) is 0 Å². The summed E-state index contributed by atoms with van der Waals surface area (Å²) >= 11 is 0. The molecule has 0 bridgehead atoms. The van der Waals surface area contributed by atoms with E-state index in [2.05, 4.69) is 39.4 Å². The van der Waals surface area contributed by atoms with Crippen LogP contribution >= 0.6 is 0 Å². The van der Waals surface area contributed by atoms with Crippen molar-refractivity contribution in [3.63, 3.8) is 0 Å². The van der Waals surface area contributed by atoms with Crippen LogP contribution in [0.4, 0.5) is 0 Å². The summed E-state index contributed by atoms with van der Waals surface area (Å²) in [4.78, 5) is 9.68. The molecule has 1 unspecified atom stereocenters. The topological polar surface area (TPSA) is 61.4 Å². The summed E-state index contributed by atoms with van der Waals surface area (Å²) in [5.74, 6) is 1.52. The van der Waals surface area contributed by atoms with Gasteiger partial charge in [-0.3, -0.25) is 4.99 Å². The Morgan fingerprint density at radius 2 is 2.11 bits per heavy atom. The first-order valence-electron chi connectivity index (χ1n) is 10.9. The minimum Gasteiger partial charge on any atom is -0.381 e. The van der Waals surface area contributed by atoms with Gasteiger partial charge in [-0.1, -0.05) is 0 Å². The quantitative estimate of drug-likeness (QED) is 0.315. The molecule has 0 radical (unpaired) electrons. The molecule has 2 aliphatic rings. The maximum Gasteiger partial charge on any atom is 0.191 e. The smallest absolute Gasteiger partial charge is 0.191 e. The van der Waals surface area contributed by atoms with Gasteiger partial charge in [-0.15, -0.1) is 0 Å². The van der Waals surface area contributed by atoms with Crippen molar-refractivity contribution in [2.75, 3.05) is 85.8 Å². The Hall–Kier alpha value is -0.890. The molecule has 1 atom stereocenters. The van der Waals surface area contributed by atoms with Crippen molar-refractivity contribution in [3.05, 3.63) is 0 Å². The highest BCUT2D eigenvalue weighted by atomic mass is 16.5. The van der Waals surface area contributed by atoms with Crippen molar-refractivity contribution in [2.24, 2.45) is 10.9 Å². The van der Waals surface area contributed by atoms with E-state index in [1.54, 1.807) is 0 Å². The van der Waals surface area contributed by atoms with Crippen molar-refractivity contribution < 1.29 is 9.47 Å². The van der Waals surface area contributed by atoms with Crippen LogP contribution in [0.1, 0.15) is 32.6 Å². The molecule has 0 aliphatic carbocycles. The Morgan fingerprint density at radius 3 is 2.93 bits per heavy atom. The molecule has 2 heterocycles. The number of hydrogen-bond acceptors (Lipinski definition) is 5. The van der Waals surface area contributed by atoms with Crippen LogP contribution < -0.4 is 10.6 Å². The SMILES string of the molecule is CCNC(=NCCCOCC1CCOC1)NCCCN1CCCN(C)CC1. The van der Waals surface area contributed by atoms with Gasteiger partial charge in [0, 0.05) is 51.9 Å². The number of rotatable bonds is 11. The standard InChI is InChI=1S/C20H41N5O2/c1-3-21-20(23-9-5-15-26-17-19-7-16-27-18-19)22-8-4-11-25-12-6-10-24(2)13-14-25/h19H,3-18H2,1-2H3,(H2,21,22,23). The van der Waals surface area contributed by atoms with Crippen LogP contribution in [-0.2, 0) is 9.47 Å². The number of likely N-dealkylation sites (N-methyl/N-ethyl adjacent to an activating group) is 1. The zero-order chi connectivity index (χ0) is 19.2. The third-order valence-electron chi connectivity index (χ3n) is 5.19. The van der Waals surface area contributed by atoms with Gasteiger partial charge in [-0.2, -0.15) is 0 Å². The fourth-order valence-electron chi connectivity index (χ4n) is 3.50. The predicted octanol–water partition coefficient (Wildman–Crippen LogP) is 1.01. The van der Waals surface area contributed by atoms with E-state index < -0.39 is 0 Å². The Morgan fingerprint density at radius 1 is 1.19 bits per heavy atom. The molecular weight excluding hydrogens is 342 g/mol. The van der Waals surface area contributed by atoms with Gasteiger partial charge < -0.3 is 29.9 Å². The molecule has 2 saturated heterocycles. The summed E-state index contributed by atoms with van der Waals surface area (Å²) in [5, 5.41) is 6.80. The van der Waals surface area contributed by atoms with Crippen molar-refractivity contribution in [1.29, 1.82) is 0 Å². The summed E-state index contributed by atoms with van der Waals surface area (Å²) in [6.07, 6.45) is 4.54. The van der Waals surface area contributed by atoms with Crippen LogP contribution in [0.2, 0.25) is 0 Å². The molecule has 7 nitrogen and oxygen atoms in total. The first kappa shape index (κ1) is 22.4. The summed E-state index contributed by atoms with van der Waals surface area (Å²) < 4.78 is 11.1. The molecule has 0 spiro atoms. The summed E-state index contributed by atoms with van der Waals surface area (Å²) in [6, 6.07) is 0. The molecule has 2 rings (SSSR count). The molecule has 0 saturated carbocycles. The number of guanidine groups is 1. The molecule has 0 aromatic rings. The van der Waals surface area contributed by atoms with E-state index in [-0.39, 0.29) is 0 Å². The van der Waals surface area contributed by atoms with E-state index in [4.69, 9.17) is 9.47 Å². The van der Waals surface area contributed by atoms with E-state index in [0.717, 1.165) is 71.3 Å². The fraction of sp³-hybridized carbons (Fsp3) is 0.950. The van der Waals surface area contributed by atoms with Crippen molar-refractivity contribution in [3.8, 4) is 0 Å². The minimum absolute atomic E-state index is 0.595. The van der Waals surface area contributed by atoms with Crippen LogP contribution in [-0.4, -0.2) is 102 Å². The van der Waals surface area contributed by atoms with Crippen LogP contribution in [0, 0.1) is 5.92 Å². The van der Waals surface area contributed by atoms with Gasteiger partial charge in [-0.05, 0) is 59.3 Å². The fourth-order valence-corrected chi connectivity index (χ4v) is 3.50. The molecule has 2 fully saturated rings. The highest BCUT2D eigenvalue weighted by Crippen LogP contribution is 2.12. The highest BCUT2D eigenvalue weighted by Gasteiger charge is 2.15. The lowest BCUT2D eigenvalue weighted by atomic mass is 10.1. The van der Waals surface area contributed by atoms with Crippen LogP contribution in [0.3, 0.4) is 0 Å². The Bertz CT molecular complexity index is 402. The van der Waals surface area contributed by atoms with E-state index in [1.165, 1.54) is 39.1 Å². The zero-order valence-electron chi connectivity index (χ0n) is 17.5. The van der Waals surface area contributed by atoms with Crippen LogP contribution in [0.15, 0.2) is 4.99 Å². The van der Waals surface area contributed by atoms with Gasteiger partial charge >= 0.3 is 0 Å². The third kappa shape index (κ3) is 10.3. The summed E-state index contributed by atoms with van der Waals surface area (Å²) in [5.41, 5.74) is 0. The van der Waals surface area contributed by atoms with Crippen molar-refractivity contribution in [2.45, 2.75) is 32.6 Å². The van der Waals surface area contributed by atoms with E-state index in [1.807, 2.05) is 0 Å². The Kier molecular flexibility index (Phi) is 11.7. The van der Waals surface area contributed by atoms with E-state index in [9.17, 15) is 0 Å². The monoisotopic (exact) mass is 383 g/mol. The van der Waals surface area contributed by atoms with Gasteiger partial charge in [0.2, 0.25) is 0 Å². The maximum atomic E-state index is 5.74. The molecular formula is C20H41N5O2. The molecule has 0 aromatic heterocycles. The summed E-state index contributed by atoms with van der Waals surface area (Å²) in [7, 11) is 2.22. The Labute approximate surface area is 165 Å². The van der Waals surface area contributed by atoms with Gasteiger partial charge in [0.1, 0.15) is 0 Å². The largest absolute Gasteiger partial charge is 0.381 e. The molecule has 2 N–H and O–H groups in total. The van der Waals surface area contributed by atoms with Crippen LogP contribution in [0.5, 0.6) is 0 Å².